The Morgan fingerprint density at radius 1 is 1.31 bits per heavy atom. The molecule has 0 radical (unpaired) electrons. The number of hydrogen-bond donors (Lipinski definition) is 0. The van der Waals surface area contributed by atoms with Crippen molar-refractivity contribution in [2.24, 2.45) is 0 Å². The summed E-state index contributed by atoms with van der Waals surface area (Å²) in [6.45, 7) is 1.83. The molecule has 0 aliphatic rings. The highest BCUT2D eigenvalue weighted by molar-refractivity contribution is 5.45. The SMILES string of the molecule is COc1ccccc1-n1ncc(C)cc1=O. The maximum atomic E-state index is 11.8. The Morgan fingerprint density at radius 2 is 2.06 bits per heavy atom. The Balaban J connectivity index is 2.63. The zero-order valence-electron chi connectivity index (χ0n) is 9.18. The average molecular weight is 216 g/mol. The number of benzene rings is 1. The summed E-state index contributed by atoms with van der Waals surface area (Å²) >= 11 is 0. The summed E-state index contributed by atoms with van der Waals surface area (Å²) in [6, 6.07) is 8.82. The molecular formula is C12H12N2O2. The summed E-state index contributed by atoms with van der Waals surface area (Å²) in [6.07, 6.45) is 1.65. The first-order chi connectivity index (χ1) is 7.72. The first-order valence-electron chi connectivity index (χ1n) is 4.92. The Hall–Kier alpha value is -2.10. The zero-order valence-corrected chi connectivity index (χ0v) is 9.18. The summed E-state index contributed by atoms with van der Waals surface area (Å²) in [7, 11) is 1.57. The van der Waals surface area contributed by atoms with E-state index >= 15 is 0 Å². The molecule has 2 rings (SSSR count). The van der Waals surface area contributed by atoms with E-state index in [1.807, 2.05) is 19.1 Å². The second-order valence-corrected chi connectivity index (χ2v) is 3.45. The van der Waals surface area contributed by atoms with Gasteiger partial charge in [0.1, 0.15) is 11.4 Å². The normalized spacial score (nSPS) is 10.1. The first-order valence-corrected chi connectivity index (χ1v) is 4.92. The van der Waals surface area contributed by atoms with Crippen LogP contribution in [0, 0.1) is 6.92 Å². The van der Waals surface area contributed by atoms with Crippen molar-refractivity contribution in [2.45, 2.75) is 6.92 Å². The highest BCUT2D eigenvalue weighted by atomic mass is 16.5. The Kier molecular flexibility index (Phi) is 2.72. The molecule has 0 bridgehead atoms. The average Bonchev–Trinajstić information content (AvgIpc) is 2.29. The van der Waals surface area contributed by atoms with Gasteiger partial charge in [-0.15, -0.1) is 0 Å². The highest BCUT2D eigenvalue weighted by Crippen LogP contribution is 2.19. The maximum absolute atomic E-state index is 11.8. The van der Waals surface area contributed by atoms with E-state index in [1.165, 1.54) is 4.68 Å². The van der Waals surface area contributed by atoms with Crippen LogP contribution in [-0.4, -0.2) is 16.9 Å². The number of hydrogen-bond acceptors (Lipinski definition) is 3. The van der Waals surface area contributed by atoms with Crippen molar-refractivity contribution in [2.75, 3.05) is 7.11 Å². The first kappa shape index (κ1) is 10.4. The van der Waals surface area contributed by atoms with Crippen molar-refractivity contribution in [3.63, 3.8) is 0 Å². The second kappa shape index (κ2) is 4.18. The standard InChI is InChI=1S/C12H12N2O2/c1-9-7-12(15)14(13-8-9)10-5-3-4-6-11(10)16-2/h3-8H,1-2H3. The molecule has 4 heteroatoms. The largest absolute Gasteiger partial charge is 0.494 e. The molecule has 4 nitrogen and oxygen atoms in total. The van der Waals surface area contributed by atoms with Gasteiger partial charge in [-0.1, -0.05) is 12.1 Å². The molecule has 82 valence electrons. The molecule has 0 unspecified atom stereocenters. The maximum Gasteiger partial charge on any atom is 0.271 e. The fourth-order valence-corrected chi connectivity index (χ4v) is 1.48. The molecule has 0 N–H and O–H groups in total. The van der Waals surface area contributed by atoms with Crippen LogP contribution in [-0.2, 0) is 0 Å². The monoisotopic (exact) mass is 216 g/mol. The van der Waals surface area contributed by atoms with Crippen LogP contribution in [0.5, 0.6) is 5.75 Å². The summed E-state index contributed by atoms with van der Waals surface area (Å²) in [4.78, 5) is 11.8. The minimum atomic E-state index is -0.162. The van der Waals surface area contributed by atoms with Gasteiger partial charge in [0.05, 0.1) is 13.3 Å². The number of methoxy groups -OCH3 is 1. The highest BCUT2D eigenvalue weighted by Gasteiger charge is 2.06. The smallest absolute Gasteiger partial charge is 0.271 e. The molecule has 0 fully saturated rings. The number of nitrogens with zero attached hydrogens (tertiary/aromatic N) is 2. The number of aryl methyl sites for hydroxylation is 1. The van der Waals surface area contributed by atoms with E-state index < -0.39 is 0 Å². The third kappa shape index (κ3) is 1.82. The van der Waals surface area contributed by atoms with Crippen molar-refractivity contribution >= 4 is 0 Å². The van der Waals surface area contributed by atoms with Crippen LogP contribution in [0.25, 0.3) is 5.69 Å². The molecule has 1 heterocycles. The van der Waals surface area contributed by atoms with Gasteiger partial charge in [-0.3, -0.25) is 4.79 Å². The van der Waals surface area contributed by atoms with E-state index in [2.05, 4.69) is 5.10 Å². The van der Waals surface area contributed by atoms with Gasteiger partial charge in [-0.05, 0) is 24.6 Å². The number of ether oxygens (including phenoxy) is 1. The van der Waals surface area contributed by atoms with Crippen molar-refractivity contribution in [1.29, 1.82) is 0 Å². The minimum absolute atomic E-state index is 0.162. The van der Waals surface area contributed by atoms with Gasteiger partial charge < -0.3 is 4.74 Å². The topological polar surface area (TPSA) is 44.1 Å². The predicted molar refractivity (Wildman–Crippen MR) is 61.1 cm³/mol. The molecule has 0 saturated heterocycles. The summed E-state index contributed by atoms with van der Waals surface area (Å²) in [5.74, 6) is 0.626. The molecule has 0 aliphatic carbocycles. The van der Waals surface area contributed by atoms with Crippen LogP contribution in [0.4, 0.5) is 0 Å². The van der Waals surface area contributed by atoms with Gasteiger partial charge >= 0.3 is 0 Å². The molecule has 0 amide bonds. The Bertz CT molecular complexity index is 561. The quantitative estimate of drug-likeness (QED) is 0.765. The lowest BCUT2D eigenvalue weighted by molar-refractivity contribution is 0.411. The molecule has 0 aliphatic heterocycles. The summed E-state index contributed by atoms with van der Waals surface area (Å²) in [5, 5.41) is 4.08. The number of para-hydroxylation sites is 2. The molecule has 0 saturated carbocycles. The zero-order chi connectivity index (χ0) is 11.5. The summed E-state index contributed by atoms with van der Waals surface area (Å²) < 4.78 is 6.51. The van der Waals surface area contributed by atoms with Gasteiger partial charge in [0.25, 0.3) is 5.56 Å². The lowest BCUT2D eigenvalue weighted by Crippen LogP contribution is -2.20. The van der Waals surface area contributed by atoms with E-state index in [0.717, 1.165) is 5.56 Å². The number of aromatic nitrogens is 2. The molecule has 2 aromatic rings. The van der Waals surface area contributed by atoms with Gasteiger partial charge in [-0.2, -0.15) is 9.78 Å². The molecule has 0 atom stereocenters. The van der Waals surface area contributed by atoms with Gasteiger partial charge in [0, 0.05) is 6.07 Å². The van der Waals surface area contributed by atoms with Gasteiger partial charge in [0.15, 0.2) is 0 Å². The van der Waals surface area contributed by atoms with Crippen molar-refractivity contribution in [3.05, 3.63) is 52.4 Å². The molecule has 0 spiro atoms. The van der Waals surface area contributed by atoms with Crippen LogP contribution in [0.3, 0.4) is 0 Å². The van der Waals surface area contributed by atoms with Gasteiger partial charge in [0.2, 0.25) is 0 Å². The lowest BCUT2D eigenvalue weighted by Gasteiger charge is -2.08. The second-order valence-electron chi connectivity index (χ2n) is 3.45. The molecule has 1 aromatic carbocycles. The fraction of sp³-hybridized carbons (Fsp3) is 0.167. The van der Waals surface area contributed by atoms with Gasteiger partial charge in [-0.25, -0.2) is 0 Å². The van der Waals surface area contributed by atoms with Crippen LogP contribution < -0.4 is 10.3 Å². The molecular weight excluding hydrogens is 204 g/mol. The Morgan fingerprint density at radius 3 is 2.75 bits per heavy atom. The Labute approximate surface area is 93.1 Å². The third-order valence-electron chi connectivity index (χ3n) is 2.25. The number of rotatable bonds is 2. The van der Waals surface area contributed by atoms with E-state index in [-0.39, 0.29) is 5.56 Å². The lowest BCUT2D eigenvalue weighted by atomic mass is 10.3. The van der Waals surface area contributed by atoms with Crippen LogP contribution in [0.2, 0.25) is 0 Å². The van der Waals surface area contributed by atoms with Crippen LogP contribution in [0.15, 0.2) is 41.3 Å². The van der Waals surface area contributed by atoms with E-state index in [0.29, 0.717) is 11.4 Å². The van der Waals surface area contributed by atoms with Crippen molar-refractivity contribution in [3.8, 4) is 11.4 Å². The molecule has 1 aromatic heterocycles. The van der Waals surface area contributed by atoms with Crippen molar-refractivity contribution < 1.29 is 4.74 Å². The van der Waals surface area contributed by atoms with Crippen LogP contribution in [0.1, 0.15) is 5.56 Å². The van der Waals surface area contributed by atoms with Crippen LogP contribution >= 0.6 is 0 Å². The fourth-order valence-electron chi connectivity index (χ4n) is 1.48. The van der Waals surface area contributed by atoms with E-state index in [1.54, 1.807) is 31.5 Å². The van der Waals surface area contributed by atoms with E-state index in [9.17, 15) is 4.79 Å². The minimum Gasteiger partial charge on any atom is -0.494 e. The van der Waals surface area contributed by atoms with E-state index in [4.69, 9.17) is 4.74 Å². The summed E-state index contributed by atoms with van der Waals surface area (Å²) in [5.41, 5.74) is 1.33. The predicted octanol–water partition coefficient (Wildman–Crippen LogP) is 1.55. The third-order valence-corrected chi connectivity index (χ3v) is 2.25. The van der Waals surface area contributed by atoms with Crippen molar-refractivity contribution in [1.82, 2.24) is 9.78 Å². The molecule has 16 heavy (non-hydrogen) atoms.